The van der Waals surface area contributed by atoms with Crippen molar-refractivity contribution in [3.8, 4) is 5.75 Å². The molecule has 1 aromatic rings. The van der Waals surface area contributed by atoms with Crippen molar-refractivity contribution in [3.63, 3.8) is 0 Å². The van der Waals surface area contributed by atoms with E-state index in [1.807, 2.05) is 12.1 Å². The van der Waals surface area contributed by atoms with Crippen molar-refractivity contribution in [2.45, 2.75) is 37.8 Å². The van der Waals surface area contributed by atoms with E-state index in [1.54, 1.807) is 14.0 Å². The van der Waals surface area contributed by atoms with Gasteiger partial charge in [0.2, 0.25) is 0 Å². The summed E-state index contributed by atoms with van der Waals surface area (Å²) in [7, 11) is 8.07. The van der Waals surface area contributed by atoms with Gasteiger partial charge < -0.3 is 19.6 Å². The van der Waals surface area contributed by atoms with Crippen LogP contribution in [0.25, 0.3) is 0 Å². The average molecular weight is 292 g/mol. The van der Waals surface area contributed by atoms with Gasteiger partial charge in [0.25, 0.3) is 0 Å². The van der Waals surface area contributed by atoms with Gasteiger partial charge in [-0.1, -0.05) is 6.07 Å². The summed E-state index contributed by atoms with van der Waals surface area (Å²) in [5.74, 6) is 0.752. The number of aliphatic hydroxyl groups is 1. The standard InChI is InChI=1S/C17H28N2O2/c1-13(20)16-14(8-6-9-15(16)21-5)19(4)12-17(18(2)3)10-7-11-17/h6,8-9,13,20H,7,10-12H2,1-5H3/t13-/m1/s1. The summed E-state index contributed by atoms with van der Waals surface area (Å²) in [5, 5.41) is 10.1. The van der Waals surface area contributed by atoms with Gasteiger partial charge in [0, 0.05) is 30.4 Å². The number of rotatable bonds is 6. The number of likely N-dealkylation sites (N-methyl/N-ethyl adjacent to an activating group) is 2. The molecule has 0 spiro atoms. The third kappa shape index (κ3) is 3.01. The van der Waals surface area contributed by atoms with Crippen molar-refractivity contribution in [3.05, 3.63) is 23.8 Å². The summed E-state index contributed by atoms with van der Waals surface area (Å²) in [6.07, 6.45) is 3.22. The molecule has 0 heterocycles. The number of anilines is 1. The highest BCUT2D eigenvalue weighted by molar-refractivity contribution is 5.60. The lowest BCUT2D eigenvalue weighted by Crippen LogP contribution is -2.56. The smallest absolute Gasteiger partial charge is 0.126 e. The molecular formula is C17H28N2O2. The van der Waals surface area contributed by atoms with Crippen LogP contribution in [0, 0.1) is 0 Å². The normalized spacial score (nSPS) is 18.2. The molecule has 118 valence electrons. The van der Waals surface area contributed by atoms with E-state index in [-0.39, 0.29) is 5.54 Å². The van der Waals surface area contributed by atoms with E-state index in [0.29, 0.717) is 0 Å². The van der Waals surface area contributed by atoms with E-state index in [1.165, 1.54) is 19.3 Å². The van der Waals surface area contributed by atoms with Gasteiger partial charge in [-0.2, -0.15) is 0 Å². The van der Waals surface area contributed by atoms with Gasteiger partial charge in [-0.3, -0.25) is 0 Å². The number of ether oxygens (including phenoxy) is 1. The van der Waals surface area contributed by atoms with Crippen LogP contribution < -0.4 is 9.64 Å². The van der Waals surface area contributed by atoms with Gasteiger partial charge >= 0.3 is 0 Å². The van der Waals surface area contributed by atoms with Crippen molar-refractivity contribution >= 4 is 5.69 Å². The zero-order valence-corrected chi connectivity index (χ0v) is 13.9. The van der Waals surface area contributed by atoms with Crippen LogP contribution in [0.15, 0.2) is 18.2 Å². The van der Waals surface area contributed by atoms with Crippen molar-refractivity contribution in [2.24, 2.45) is 0 Å². The third-order valence-corrected chi connectivity index (χ3v) is 4.86. The molecule has 0 bridgehead atoms. The first-order chi connectivity index (χ1) is 9.91. The van der Waals surface area contributed by atoms with Gasteiger partial charge in [0.15, 0.2) is 0 Å². The summed E-state index contributed by atoms with van der Waals surface area (Å²) in [4.78, 5) is 4.60. The lowest BCUT2D eigenvalue weighted by atomic mass is 9.75. The van der Waals surface area contributed by atoms with Crippen molar-refractivity contribution in [1.29, 1.82) is 0 Å². The molecule has 1 aliphatic rings. The van der Waals surface area contributed by atoms with Gasteiger partial charge in [0.1, 0.15) is 5.75 Å². The molecule has 1 N–H and O–H groups in total. The van der Waals surface area contributed by atoms with Gasteiger partial charge in [-0.05, 0) is 52.4 Å². The topological polar surface area (TPSA) is 35.9 Å². The minimum atomic E-state index is -0.546. The molecule has 21 heavy (non-hydrogen) atoms. The highest BCUT2D eigenvalue weighted by Crippen LogP contribution is 2.40. The number of aliphatic hydroxyl groups excluding tert-OH is 1. The number of hydrogen-bond donors (Lipinski definition) is 1. The molecule has 1 saturated carbocycles. The lowest BCUT2D eigenvalue weighted by molar-refractivity contribution is 0.0681. The minimum Gasteiger partial charge on any atom is -0.496 e. The maximum absolute atomic E-state index is 10.1. The van der Waals surface area contributed by atoms with Gasteiger partial charge in [-0.15, -0.1) is 0 Å². The minimum absolute atomic E-state index is 0.258. The molecule has 0 aromatic heterocycles. The summed E-state index contributed by atoms with van der Waals surface area (Å²) in [6.45, 7) is 2.76. The summed E-state index contributed by atoms with van der Waals surface area (Å²) in [5.41, 5.74) is 2.18. The van der Waals surface area contributed by atoms with E-state index >= 15 is 0 Å². The fraction of sp³-hybridized carbons (Fsp3) is 0.647. The molecule has 0 amide bonds. The van der Waals surface area contributed by atoms with Crippen molar-refractivity contribution in [2.75, 3.05) is 39.7 Å². The summed E-state index contributed by atoms with van der Waals surface area (Å²) >= 11 is 0. The fourth-order valence-electron chi connectivity index (χ4n) is 3.32. The predicted molar refractivity (Wildman–Crippen MR) is 87.2 cm³/mol. The first kappa shape index (κ1) is 16.1. The third-order valence-electron chi connectivity index (χ3n) is 4.86. The van der Waals surface area contributed by atoms with Crippen LogP contribution in [0.4, 0.5) is 5.69 Å². The molecule has 1 aliphatic carbocycles. The number of benzene rings is 1. The van der Waals surface area contributed by atoms with Gasteiger partial charge in [-0.25, -0.2) is 0 Å². The Morgan fingerprint density at radius 2 is 1.95 bits per heavy atom. The largest absolute Gasteiger partial charge is 0.496 e. The Morgan fingerprint density at radius 3 is 2.38 bits per heavy atom. The lowest BCUT2D eigenvalue weighted by Gasteiger charge is -2.49. The number of hydrogen-bond acceptors (Lipinski definition) is 4. The maximum atomic E-state index is 10.1. The second kappa shape index (κ2) is 6.24. The van der Waals surface area contributed by atoms with Crippen molar-refractivity contribution in [1.82, 2.24) is 4.90 Å². The Labute approximate surface area is 128 Å². The quantitative estimate of drug-likeness (QED) is 0.874. The average Bonchev–Trinajstić information content (AvgIpc) is 2.40. The monoisotopic (exact) mass is 292 g/mol. The Balaban J connectivity index is 2.29. The zero-order chi connectivity index (χ0) is 15.6. The van der Waals surface area contributed by atoms with Crippen molar-refractivity contribution < 1.29 is 9.84 Å². The fourth-order valence-corrected chi connectivity index (χ4v) is 3.32. The van der Waals surface area contributed by atoms with Crippen LogP contribution in [0.2, 0.25) is 0 Å². The molecular weight excluding hydrogens is 264 g/mol. The molecule has 0 unspecified atom stereocenters. The summed E-state index contributed by atoms with van der Waals surface area (Å²) in [6, 6.07) is 5.96. The Morgan fingerprint density at radius 1 is 1.29 bits per heavy atom. The first-order valence-corrected chi connectivity index (χ1v) is 7.65. The molecule has 0 saturated heterocycles. The Kier molecular flexibility index (Phi) is 4.79. The molecule has 4 nitrogen and oxygen atoms in total. The number of nitrogens with zero attached hydrogens (tertiary/aromatic N) is 2. The highest BCUT2D eigenvalue weighted by atomic mass is 16.5. The highest BCUT2D eigenvalue weighted by Gasteiger charge is 2.40. The maximum Gasteiger partial charge on any atom is 0.126 e. The van der Waals surface area contributed by atoms with Gasteiger partial charge in [0.05, 0.1) is 13.2 Å². The molecule has 0 radical (unpaired) electrons. The van der Waals surface area contributed by atoms with E-state index in [4.69, 9.17) is 4.74 Å². The molecule has 2 rings (SSSR count). The second-order valence-electron chi connectivity index (χ2n) is 6.40. The molecule has 1 fully saturated rings. The van der Waals surface area contributed by atoms with Crippen LogP contribution in [0.1, 0.15) is 37.9 Å². The molecule has 1 atom stereocenters. The predicted octanol–water partition coefficient (Wildman–Crippen LogP) is 2.67. The van der Waals surface area contributed by atoms with E-state index in [9.17, 15) is 5.11 Å². The Hall–Kier alpha value is -1.26. The first-order valence-electron chi connectivity index (χ1n) is 7.65. The Bertz CT molecular complexity index is 482. The molecule has 1 aromatic carbocycles. The van der Waals surface area contributed by atoms with E-state index in [0.717, 1.165) is 23.5 Å². The summed E-state index contributed by atoms with van der Waals surface area (Å²) < 4.78 is 5.42. The van der Waals surface area contributed by atoms with Crippen LogP contribution in [-0.2, 0) is 0 Å². The van der Waals surface area contributed by atoms with Crippen LogP contribution in [-0.4, -0.2) is 50.3 Å². The van der Waals surface area contributed by atoms with E-state index < -0.39 is 6.10 Å². The SMILES string of the molecule is COc1cccc(N(C)CC2(N(C)C)CCC2)c1[C@@H](C)O. The molecule has 4 heteroatoms. The van der Waals surface area contributed by atoms with Crippen LogP contribution >= 0.6 is 0 Å². The van der Waals surface area contributed by atoms with E-state index in [2.05, 4.69) is 37.0 Å². The van der Waals surface area contributed by atoms with Crippen LogP contribution in [0.3, 0.4) is 0 Å². The van der Waals surface area contributed by atoms with Crippen LogP contribution in [0.5, 0.6) is 5.75 Å². The zero-order valence-electron chi connectivity index (χ0n) is 13.9. The second-order valence-corrected chi connectivity index (χ2v) is 6.40. The molecule has 0 aliphatic heterocycles. The number of methoxy groups -OCH3 is 1.